The fraction of sp³-hybridized carbons (Fsp3) is 0.440. The standard InChI is InChI=1S/C23H29N3.C2HF3O2/c1-23(2)11-9-18(10-12-23)15-24-14-17-3-5-19(6-4-17)20-7-8-21-22(13-20)26-16-25-21;3-2(4,5)1(6)7/h3-8,13,16,18,24H,9-12,14-15H2,1-2H3,(H,25,26);(H,6,7). The summed E-state index contributed by atoms with van der Waals surface area (Å²) in [6.45, 7) is 6.92. The maximum Gasteiger partial charge on any atom is 0.490 e. The van der Waals surface area contributed by atoms with E-state index in [1.807, 2.05) is 0 Å². The number of hydrogen-bond donors (Lipinski definition) is 3. The Hall–Kier alpha value is -2.87. The van der Waals surface area contributed by atoms with Gasteiger partial charge in [-0.1, -0.05) is 44.2 Å². The molecule has 3 aromatic rings. The number of rotatable bonds is 5. The first-order valence-corrected chi connectivity index (χ1v) is 11.1. The van der Waals surface area contributed by atoms with Crippen molar-refractivity contribution in [1.29, 1.82) is 0 Å². The predicted octanol–water partition coefficient (Wildman–Crippen LogP) is 6.17. The fourth-order valence-corrected chi connectivity index (χ4v) is 4.01. The van der Waals surface area contributed by atoms with Crippen molar-refractivity contribution in [3.63, 3.8) is 0 Å². The van der Waals surface area contributed by atoms with Crippen LogP contribution >= 0.6 is 0 Å². The summed E-state index contributed by atoms with van der Waals surface area (Å²) in [5, 5.41) is 10.8. The van der Waals surface area contributed by atoms with E-state index in [0.717, 1.165) is 30.0 Å². The maximum absolute atomic E-state index is 10.6. The summed E-state index contributed by atoms with van der Waals surface area (Å²) in [6.07, 6.45) is 2.14. The smallest absolute Gasteiger partial charge is 0.475 e. The van der Waals surface area contributed by atoms with Gasteiger partial charge >= 0.3 is 12.1 Å². The van der Waals surface area contributed by atoms with Crippen LogP contribution in [-0.2, 0) is 11.3 Å². The largest absolute Gasteiger partial charge is 0.490 e. The van der Waals surface area contributed by atoms with Gasteiger partial charge in [0.1, 0.15) is 0 Å². The minimum Gasteiger partial charge on any atom is -0.475 e. The molecule has 0 aliphatic heterocycles. The van der Waals surface area contributed by atoms with Crippen LogP contribution in [0.1, 0.15) is 45.1 Å². The Labute approximate surface area is 191 Å². The summed E-state index contributed by atoms with van der Waals surface area (Å²) < 4.78 is 31.7. The van der Waals surface area contributed by atoms with Crippen molar-refractivity contribution in [3.05, 3.63) is 54.4 Å². The number of nitrogens with zero attached hydrogens (tertiary/aromatic N) is 1. The van der Waals surface area contributed by atoms with Gasteiger partial charge in [-0.15, -0.1) is 0 Å². The molecule has 3 N–H and O–H groups in total. The lowest BCUT2D eigenvalue weighted by molar-refractivity contribution is -0.192. The van der Waals surface area contributed by atoms with Crippen molar-refractivity contribution in [2.75, 3.05) is 6.54 Å². The Balaban J connectivity index is 0.000000383. The highest BCUT2D eigenvalue weighted by Gasteiger charge is 2.38. The van der Waals surface area contributed by atoms with Gasteiger partial charge in [-0.3, -0.25) is 0 Å². The molecule has 1 aliphatic carbocycles. The number of fused-ring (bicyclic) bond motifs is 1. The summed E-state index contributed by atoms with van der Waals surface area (Å²) in [4.78, 5) is 16.4. The van der Waals surface area contributed by atoms with E-state index in [2.05, 4.69) is 71.6 Å². The van der Waals surface area contributed by atoms with E-state index in [4.69, 9.17) is 9.90 Å². The van der Waals surface area contributed by atoms with Crippen LogP contribution in [0, 0.1) is 11.3 Å². The van der Waals surface area contributed by atoms with Crippen LogP contribution in [0.25, 0.3) is 22.2 Å². The topological polar surface area (TPSA) is 78.0 Å². The van der Waals surface area contributed by atoms with Crippen LogP contribution in [0.4, 0.5) is 13.2 Å². The minimum atomic E-state index is -5.08. The van der Waals surface area contributed by atoms with Crippen LogP contribution in [-0.4, -0.2) is 33.8 Å². The molecule has 178 valence electrons. The lowest BCUT2D eigenvalue weighted by Gasteiger charge is -2.34. The van der Waals surface area contributed by atoms with Gasteiger partial charge in [0.15, 0.2) is 0 Å². The molecule has 4 rings (SSSR count). The van der Waals surface area contributed by atoms with Crippen molar-refractivity contribution in [2.24, 2.45) is 11.3 Å². The Morgan fingerprint density at radius 1 is 1.12 bits per heavy atom. The number of aliphatic carboxylic acids is 1. The molecule has 1 aromatic heterocycles. The maximum atomic E-state index is 10.6. The third-order valence-corrected chi connectivity index (χ3v) is 6.17. The number of aromatic nitrogens is 2. The van der Waals surface area contributed by atoms with Crippen LogP contribution in [0.2, 0.25) is 0 Å². The van der Waals surface area contributed by atoms with Crippen molar-refractivity contribution in [2.45, 2.75) is 52.3 Å². The third-order valence-electron chi connectivity index (χ3n) is 6.17. The fourth-order valence-electron chi connectivity index (χ4n) is 4.01. The van der Waals surface area contributed by atoms with Crippen LogP contribution in [0.15, 0.2) is 48.8 Å². The second kappa shape index (κ2) is 10.4. The molecule has 0 radical (unpaired) electrons. The number of imidazole rings is 1. The summed E-state index contributed by atoms with van der Waals surface area (Å²) in [5.74, 6) is -1.91. The predicted molar refractivity (Wildman–Crippen MR) is 123 cm³/mol. The quantitative estimate of drug-likeness (QED) is 0.425. The Morgan fingerprint density at radius 2 is 1.73 bits per heavy atom. The van der Waals surface area contributed by atoms with Crippen LogP contribution < -0.4 is 5.32 Å². The summed E-state index contributed by atoms with van der Waals surface area (Å²) in [7, 11) is 0. The van der Waals surface area contributed by atoms with Crippen LogP contribution in [0.5, 0.6) is 0 Å². The lowest BCUT2D eigenvalue weighted by Crippen LogP contribution is -2.28. The minimum absolute atomic E-state index is 0.561. The first kappa shape index (κ1) is 24.8. The number of H-pyrrole nitrogens is 1. The van der Waals surface area contributed by atoms with Crippen molar-refractivity contribution >= 4 is 17.0 Å². The Kier molecular flexibility index (Phi) is 7.79. The van der Waals surface area contributed by atoms with Crippen LogP contribution in [0.3, 0.4) is 0 Å². The monoisotopic (exact) mass is 461 g/mol. The molecule has 0 saturated heterocycles. The number of carboxylic acid groups (broad SMARTS) is 1. The average molecular weight is 462 g/mol. The average Bonchev–Trinajstić information content (AvgIpc) is 3.23. The van der Waals surface area contributed by atoms with Gasteiger partial charge in [-0.05, 0) is 72.4 Å². The molecule has 2 aromatic carbocycles. The zero-order chi connectivity index (χ0) is 24.1. The Morgan fingerprint density at radius 3 is 2.33 bits per heavy atom. The molecule has 1 heterocycles. The number of benzene rings is 2. The summed E-state index contributed by atoms with van der Waals surface area (Å²) >= 11 is 0. The SMILES string of the molecule is CC1(C)CCC(CNCc2ccc(-c3ccc4nc[nH]c4c3)cc2)CC1.O=C(O)C(F)(F)F. The lowest BCUT2D eigenvalue weighted by atomic mass is 9.73. The molecule has 5 nitrogen and oxygen atoms in total. The normalized spacial score (nSPS) is 16.3. The number of carboxylic acids is 1. The van der Waals surface area contributed by atoms with E-state index in [1.165, 1.54) is 42.4 Å². The highest BCUT2D eigenvalue weighted by atomic mass is 19.4. The molecule has 0 spiro atoms. The first-order chi connectivity index (χ1) is 15.5. The molecule has 0 amide bonds. The first-order valence-electron chi connectivity index (χ1n) is 11.1. The van der Waals surface area contributed by atoms with E-state index in [1.54, 1.807) is 6.33 Å². The van der Waals surface area contributed by atoms with Gasteiger partial charge in [0.05, 0.1) is 17.4 Å². The van der Waals surface area contributed by atoms with E-state index in [9.17, 15) is 13.2 Å². The van der Waals surface area contributed by atoms with E-state index < -0.39 is 12.1 Å². The molecular weight excluding hydrogens is 431 g/mol. The second-order valence-corrected chi connectivity index (χ2v) is 9.37. The van der Waals surface area contributed by atoms with Gasteiger partial charge in [-0.2, -0.15) is 13.2 Å². The zero-order valence-electron chi connectivity index (χ0n) is 18.9. The summed E-state index contributed by atoms with van der Waals surface area (Å²) in [6, 6.07) is 15.3. The van der Waals surface area contributed by atoms with Crippen molar-refractivity contribution < 1.29 is 23.1 Å². The molecule has 1 fully saturated rings. The van der Waals surface area contributed by atoms with Gasteiger partial charge in [0.2, 0.25) is 0 Å². The molecule has 0 bridgehead atoms. The van der Waals surface area contributed by atoms with E-state index in [0.29, 0.717) is 5.41 Å². The molecule has 1 saturated carbocycles. The van der Waals surface area contributed by atoms with Gasteiger partial charge in [0, 0.05) is 6.54 Å². The van der Waals surface area contributed by atoms with E-state index in [-0.39, 0.29) is 0 Å². The van der Waals surface area contributed by atoms with Crippen molar-refractivity contribution in [1.82, 2.24) is 15.3 Å². The number of hydrogen-bond acceptors (Lipinski definition) is 3. The van der Waals surface area contributed by atoms with Gasteiger partial charge < -0.3 is 15.4 Å². The number of aromatic amines is 1. The number of alkyl halides is 3. The second-order valence-electron chi connectivity index (χ2n) is 9.37. The molecule has 0 atom stereocenters. The molecule has 1 aliphatic rings. The molecule has 33 heavy (non-hydrogen) atoms. The number of halogens is 3. The van der Waals surface area contributed by atoms with Gasteiger partial charge in [-0.25, -0.2) is 9.78 Å². The Bertz CT molecular complexity index is 1050. The van der Waals surface area contributed by atoms with Crippen molar-refractivity contribution in [3.8, 4) is 11.1 Å². The van der Waals surface area contributed by atoms with E-state index >= 15 is 0 Å². The molecular formula is C25H30F3N3O2. The number of nitrogens with one attached hydrogen (secondary N) is 2. The zero-order valence-corrected chi connectivity index (χ0v) is 18.9. The highest BCUT2D eigenvalue weighted by molar-refractivity contribution is 5.81. The number of carbonyl (C=O) groups is 1. The molecule has 0 unspecified atom stereocenters. The highest BCUT2D eigenvalue weighted by Crippen LogP contribution is 2.37. The van der Waals surface area contributed by atoms with Gasteiger partial charge in [0.25, 0.3) is 0 Å². The third kappa shape index (κ3) is 7.32. The molecule has 8 heteroatoms. The summed E-state index contributed by atoms with van der Waals surface area (Å²) in [5.41, 5.74) is 6.49.